The average Bonchev–Trinajstić information content (AvgIpc) is 3.40. The van der Waals surface area contributed by atoms with Crippen LogP contribution in [0, 0.1) is 12.8 Å². The fourth-order valence-corrected chi connectivity index (χ4v) is 2.98. The molecule has 3 rings (SSSR count). The van der Waals surface area contributed by atoms with Crippen molar-refractivity contribution in [3.8, 4) is 0 Å². The lowest BCUT2D eigenvalue weighted by Gasteiger charge is -2.24. The summed E-state index contributed by atoms with van der Waals surface area (Å²) in [6.45, 7) is 11.2. The van der Waals surface area contributed by atoms with E-state index in [1.165, 1.54) is 0 Å². The standard InChI is InChI=1S/C17H24N2O2.C4H5NO.C2H6/c1-13(2)11-16(20)19-10-6-9-15(19)17(21)18-12-14-7-4-3-5-8-14;1-4-2-3-6-5-4;1-2/h3-5,7-8,13,15H,6,9-12H2,1-2H3,(H,18,21);2-3H,1H3;1-2H3. The molecule has 0 bridgehead atoms. The fourth-order valence-electron chi connectivity index (χ4n) is 2.98. The minimum Gasteiger partial charge on any atom is -0.365 e. The van der Waals surface area contributed by atoms with Gasteiger partial charge in [-0.05, 0) is 31.2 Å². The van der Waals surface area contributed by atoms with Gasteiger partial charge < -0.3 is 14.7 Å². The molecule has 1 aromatic heterocycles. The van der Waals surface area contributed by atoms with Gasteiger partial charge >= 0.3 is 0 Å². The molecule has 6 heteroatoms. The SMILES string of the molecule is CC.CC(C)CC(=O)N1CCCC1C(=O)NCc1ccccc1.Cc1ccon1. The second kappa shape index (κ2) is 13.5. The monoisotopic (exact) mass is 401 g/mol. The smallest absolute Gasteiger partial charge is 0.243 e. The van der Waals surface area contributed by atoms with E-state index in [1.54, 1.807) is 17.2 Å². The maximum atomic E-state index is 12.3. The van der Waals surface area contributed by atoms with E-state index in [2.05, 4.69) is 15.0 Å². The first-order valence-corrected chi connectivity index (χ1v) is 10.5. The summed E-state index contributed by atoms with van der Waals surface area (Å²) < 4.78 is 4.46. The molecule has 0 radical (unpaired) electrons. The largest absolute Gasteiger partial charge is 0.365 e. The average molecular weight is 402 g/mol. The van der Waals surface area contributed by atoms with Crippen LogP contribution in [0.2, 0.25) is 0 Å². The zero-order valence-corrected chi connectivity index (χ0v) is 18.4. The Morgan fingerprint density at radius 1 is 1.21 bits per heavy atom. The maximum absolute atomic E-state index is 12.3. The lowest BCUT2D eigenvalue weighted by molar-refractivity contribution is -0.139. The Balaban J connectivity index is 0.000000442. The number of hydrogen-bond donors (Lipinski definition) is 1. The molecular weight excluding hydrogens is 366 g/mol. The van der Waals surface area contributed by atoms with E-state index in [0.29, 0.717) is 25.4 Å². The molecule has 160 valence electrons. The predicted octanol–water partition coefficient (Wildman–Crippen LogP) is 4.35. The number of amides is 2. The topological polar surface area (TPSA) is 75.4 Å². The number of carbonyl (C=O) groups excluding carboxylic acids is 2. The van der Waals surface area contributed by atoms with Crippen LogP contribution in [0.1, 0.15) is 58.2 Å². The number of hydrogen-bond acceptors (Lipinski definition) is 4. The number of nitrogens with zero attached hydrogens (tertiary/aromatic N) is 2. The van der Waals surface area contributed by atoms with Crippen LogP contribution >= 0.6 is 0 Å². The van der Waals surface area contributed by atoms with E-state index < -0.39 is 0 Å². The van der Waals surface area contributed by atoms with Crippen molar-refractivity contribution in [2.45, 2.75) is 66.5 Å². The van der Waals surface area contributed by atoms with Gasteiger partial charge in [0, 0.05) is 25.6 Å². The van der Waals surface area contributed by atoms with Gasteiger partial charge in [-0.2, -0.15) is 0 Å². The Hall–Kier alpha value is -2.63. The van der Waals surface area contributed by atoms with E-state index >= 15 is 0 Å². The van der Waals surface area contributed by atoms with Gasteiger partial charge in [0.05, 0.1) is 5.69 Å². The number of aryl methyl sites for hydroxylation is 1. The molecule has 1 aromatic carbocycles. The number of rotatable bonds is 5. The summed E-state index contributed by atoms with van der Waals surface area (Å²) >= 11 is 0. The van der Waals surface area contributed by atoms with Crippen molar-refractivity contribution < 1.29 is 14.1 Å². The number of nitrogens with one attached hydrogen (secondary N) is 1. The van der Waals surface area contributed by atoms with E-state index in [-0.39, 0.29) is 17.9 Å². The third kappa shape index (κ3) is 8.94. The lowest BCUT2D eigenvalue weighted by Crippen LogP contribution is -2.46. The number of likely N-dealkylation sites (tertiary alicyclic amines) is 1. The van der Waals surface area contributed by atoms with E-state index in [4.69, 9.17) is 0 Å². The molecule has 2 aromatic rings. The summed E-state index contributed by atoms with van der Waals surface area (Å²) in [6, 6.07) is 11.3. The zero-order chi connectivity index (χ0) is 21.6. The van der Waals surface area contributed by atoms with Gasteiger partial charge in [0.2, 0.25) is 11.8 Å². The van der Waals surface area contributed by atoms with Gasteiger partial charge in [0.15, 0.2) is 0 Å². The molecule has 1 aliphatic rings. The molecule has 1 aliphatic heterocycles. The Kier molecular flexibility index (Phi) is 11.4. The van der Waals surface area contributed by atoms with Gasteiger partial charge in [0.1, 0.15) is 12.3 Å². The molecule has 1 fully saturated rings. The van der Waals surface area contributed by atoms with Crippen LogP contribution in [0.15, 0.2) is 47.2 Å². The van der Waals surface area contributed by atoms with Crippen LogP contribution in [0.4, 0.5) is 0 Å². The molecule has 1 saturated heterocycles. The van der Waals surface area contributed by atoms with E-state index in [9.17, 15) is 9.59 Å². The molecule has 0 aliphatic carbocycles. The van der Waals surface area contributed by atoms with Crippen molar-refractivity contribution in [2.24, 2.45) is 5.92 Å². The molecule has 0 spiro atoms. The van der Waals surface area contributed by atoms with Crippen molar-refractivity contribution in [3.63, 3.8) is 0 Å². The maximum Gasteiger partial charge on any atom is 0.243 e. The van der Waals surface area contributed by atoms with Crippen LogP contribution in [0.5, 0.6) is 0 Å². The Morgan fingerprint density at radius 3 is 2.41 bits per heavy atom. The van der Waals surface area contributed by atoms with Gasteiger partial charge in [-0.15, -0.1) is 0 Å². The van der Waals surface area contributed by atoms with Crippen LogP contribution in [-0.2, 0) is 16.1 Å². The summed E-state index contributed by atoms with van der Waals surface area (Å²) in [5.74, 6) is 0.391. The zero-order valence-electron chi connectivity index (χ0n) is 18.4. The van der Waals surface area contributed by atoms with Gasteiger partial charge in [-0.1, -0.05) is 63.2 Å². The summed E-state index contributed by atoms with van der Waals surface area (Å²) in [5, 5.41) is 6.49. The summed E-state index contributed by atoms with van der Waals surface area (Å²) in [6.07, 6.45) is 3.75. The normalized spacial score (nSPS) is 15.1. The summed E-state index contributed by atoms with van der Waals surface area (Å²) in [4.78, 5) is 26.3. The highest BCUT2D eigenvalue weighted by Crippen LogP contribution is 2.20. The molecule has 2 amide bonds. The van der Waals surface area contributed by atoms with Crippen LogP contribution in [0.3, 0.4) is 0 Å². The number of benzene rings is 1. The van der Waals surface area contributed by atoms with Crippen LogP contribution in [-0.4, -0.2) is 34.5 Å². The van der Waals surface area contributed by atoms with Crippen LogP contribution < -0.4 is 5.32 Å². The molecule has 6 nitrogen and oxygen atoms in total. The highest BCUT2D eigenvalue weighted by molar-refractivity contribution is 5.88. The van der Waals surface area contributed by atoms with Crippen molar-refractivity contribution >= 4 is 11.8 Å². The quantitative estimate of drug-likeness (QED) is 0.808. The highest BCUT2D eigenvalue weighted by atomic mass is 16.5. The van der Waals surface area contributed by atoms with Gasteiger partial charge in [0.25, 0.3) is 0 Å². The van der Waals surface area contributed by atoms with Crippen molar-refractivity contribution in [3.05, 3.63) is 53.9 Å². The Bertz CT molecular complexity index is 699. The first-order chi connectivity index (χ1) is 14.0. The Morgan fingerprint density at radius 2 is 1.90 bits per heavy atom. The number of aromatic nitrogens is 1. The molecular formula is C23H35N3O3. The predicted molar refractivity (Wildman–Crippen MR) is 115 cm³/mol. The van der Waals surface area contributed by atoms with E-state index in [1.807, 2.05) is 65.0 Å². The molecule has 1 unspecified atom stereocenters. The van der Waals surface area contributed by atoms with Gasteiger partial charge in [-0.3, -0.25) is 9.59 Å². The summed E-state index contributed by atoms with van der Waals surface area (Å²) in [7, 11) is 0. The van der Waals surface area contributed by atoms with Crippen molar-refractivity contribution in [2.75, 3.05) is 6.54 Å². The Labute approximate surface area is 174 Å². The van der Waals surface area contributed by atoms with Crippen LogP contribution in [0.25, 0.3) is 0 Å². The van der Waals surface area contributed by atoms with E-state index in [0.717, 1.165) is 24.1 Å². The second-order valence-electron chi connectivity index (χ2n) is 7.19. The third-order valence-corrected chi connectivity index (χ3v) is 4.34. The molecule has 29 heavy (non-hydrogen) atoms. The van der Waals surface area contributed by atoms with Crippen molar-refractivity contribution in [1.82, 2.24) is 15.4 Å². The highest BCUT2D eigenvalue weighted by Gasteiger charge is 2.33. The fraction of sp³-hybridized carbons (Fsp3) is 0.522. The van der Waals surface area contributed by atoms with Gasteiger partial charge in [-0.25, -0.2) is 0 Å². The molecule has 1 N–H and O–H groups in total. The third-order valence-electron chi connectivity index (χ3n) is 4.34. The first kappa shape index (κ1) is 24.4. The number of carbonyl (C=O) groups is 2. The lowest BCUT2D eigenvalue weighted by atomic mass is 10.1. The second-order valence-corrected chi connectivity index (χ2v) is 7.19. The molecule has 0 saturated carbocycles. The first-order valence-electron chi connectivity index (χ1n) is 10.5. The minimum absolute atomic E-state index is 0.0338. The molecule has 1 atom stereocenters. The molecule has 2 heterocycles. The van der Waals surface area contributed by atoms with Crippen molar-refractivity contribution in [1.29, 1.82) is 0 Å². The summed E-state index contributed by atoms with van der Waals surface area (Å²) in [5.41, 5.74) is 2.00. The minimum atomic E-state index is -0.292.